The molecule has 0 spiro atoms. The van der Waals surface area contributed by atoms with Crippen LogP contribution in [0.2, 0.25) is 5.02 Å². The number of benzene rings is 2. The summed E-state index contributed by atoms with van der Waals surface area (Å²) < 4.78 is 13.1. The zero-order chi connectivity index (χ0) is 16.8. The molecule has 3 nitrogen and oxygen atoms in total. The average molecular weight is 335 g/mol. The van der Waals surface area contributed by atoms with Gasteiger partial charge >= 0.3 is 0 Å². The summed E-state index contributed by atoms with van der Waals surface area (Å²) in [6.45, 7) is 4.20. The molecule has 0 atom stereocenters. The molecule has 0 unspecified atom stereocenters. The largest absolute Gasteiger partial charge is 0.376 e. The van der Waals surface area contributed by atoms with Gasteiger partial charge < -0.3 is 10.6 Å². The molecule has 0 heterocycles. The third kappa shape index (κ3) is 4.45. The average Bonchev–Trinajstić information content (AvgIpc) is 2.56. The Labute approximate surface area is 140 Å². The van der Waals surface area contributed by atoms with E-state index in [1.165, 1.54) is 12.1 Å². The molecule has 0 aliphatic rings. The van der Waals surface area contributed by atoms with Gasteiger partial charge in [0.05, 0.1) is 11.6 Å². The number of amides is 1. The lowest BCUT2D eigenvalue weighted by Crippen LogP contribution is -2.23. The van der Waals surface area contributed by atoms with E-state index in [1.807, 2.05) is 18.2 Å². The van der Waals surface area contributed by atoms with Crippen LogP contribution in [0.4, 0.5) is 15.8 Å². The van der Waals surface area contributed by atoms with Crippen molar-refractivity contribution in [1.29, 1.82) is 0 Å². The number of carbonyl (C=O) groups is 1. The quantitative estimate of drug-likeness (QED) is 0.807. The van der Waals surface area contributed by atoms with E-state index in [9.17, 15) is 9.18 Å². The molecule has 0 radical (unpaired) electrons. The molecule has 0 bridgehead atoms. The first-order valence-electron chi connectivity index (χ1n) is 7.64. The van der Waals surface area contributed by atoms with E-state index in [2.05, 4.69) is 24.5 Å². The third-order valence-electron chi connectivity index (χ3n) is 3.64. The molecule has 0 fully saturated rings. The molecule has 0 saturated carbocycles. The first-order chi connectivity index (χ1) is 11.0. The number of hydrogen-bond donors (Lipinski definition) is 2. The van der Waals surface area contributed by atoms with Crippen LogP contribution in [-0.2, 0) is 17.6 Å². The lowest BCUT2D eigenvalue weighted by atomic mass is 10.0. The van der Waals surface area contributed by atoms with E-state index in [-0.39, 0.29) is 17.5 Å². The summed E-state index contributed by atoms with van der Waals surface area (Å²) in [5.74, 6) is -0.632. The summed E-state index contributed by atoms with van der Waals surface area (Å²) in [6, 6.07) is 10.3. The summed E-state index contributed by atoms with van der Waals surface area (Å²) in [6.07, 6.45) is 1.70. The van der Waals surface area contributed by atoms with Crippen LogP contribution in [0.15, 0.2) is 36.4 Å². The van der Waals surface area contributed by atoms with Gasteiger partial charge in [-0.05, 0) is 42.2 Å². The molecule has 2 rings (SSSR count). The van der Waals surface area contributed by atoms with Crippen molar-refractivity contribution in [3.05, 3.63) is 58.4 Å². The highest BCUT2D eigenvalue weighted by molar-refractivity contribution is 6.31. The molecule has 5 heteroatoms. The maximum Gasteiger partial charge on any atom is 0.243 e. The van der Waals surface area contributed by atoms with E-state index in [4.69, 9.17) is 11.6 Å². The van der Waals surface area contributed by atoms with Crippen molar-refractivity contribution in [3.8, 4) is 0 Å². The summed E-state index contributed by atoms with van der Waals surface area (Å²) >= 11 is 5.72. The van der Waals surface area contributed by atoms with Gasteiger partial charge in [-0.3, -0.25) is 4.79 Å². The van der Waals surface area contributed by atoms with Crippen molar-refractivity contribution in [3.63, 3.8) is 0 Å². The number of rotatable bonds is 6. The molecule has 0 saturated heterocycles. The summed E-state index contributed by atoms with van der Waals surface area (Å²) in [4.78, 5) is 12.2. The number of halogens is 2. The Morgan fingerprint density at radius 1 is 1.13 bits per heavy atom. The van der Waals surface area contributed by atoms with Crippen molar-refractivity contribution in [1.82, 2.24) is 0 Å². The Kier molecular flexibility index (Phi) is 5.99. The Hall–Kier alpha value is -2.07. The van der Waals surface area contributed by atoms with Crippen molar-refractivity contribution in [2.24, 2.45) is 0 Å². The Morgan fingerprint density at radius 3 is 2.35 bits per heavy atom. The number of nitrogens with one attached hydrogen (secondary N) is 2. The summed E-state index contributed by atoms with van der Waals surface area (Å²) in [5, 5.41) is 5.94. The SMILES string of the molecule is CCc1cccc(CC)c1NC(=O)CNc1ccc(F)c(Cl)c1. The molecule has 2 aromatic carbocycles. The summed E-state index contributed by atoms with van der Waals surface area (Å²) in [7, 11) is 0. The van der Waals surface area contributed by atoms with Crippen molar-refractivity contribution < 1.29 is 9.18 Å². The Morgan fingerprint density at radius 2 is 1.78 bits per heavy atom. The highest BCUT2D eigenvalue weighted by Gasteiger charge is 2.10. The van der Waals surface area contributed by atoms with Gasteiger partial charge in [0.15, 0.2) is 0 Å². The van der Waals surface area contributed by atoms with Crippen LogP contribution >= 0.6 is 11.6 Å². The molecule has 0 aromatic heterocycles. The third-order valence-corrected chi connectivity index (χ3v) is 3.93. The second-order valence-electron chi connectivity index (χ2n) is 5.19. The van der Waals surface area contributed by atoms with Crippen LogP contribution in [-0.4, -0.2) is 12.5 Å². The fourth-order valence-electron chi connectivity index (χ4n) is 2.38. The normalized spacial score (nSPS) is 10.4. The Bertz CT molecular complexity index is 681. The first-order valence-corrected chi connectivity index (χ1v) is 8.02. The maximum absolute atomic E-state index is 13.1. The van der Waals surface area contributed by atoms with Gasteiger partial charge in [0.25, 0.3) is 0 Å². The van der Waals surface area contributed by atoms with Crippen LogP contribution in [0.3, 0.4) is 0 Å². The van der Waals surface area contributed by atoms with Crippen LogP contribution in [0, 0.1) is 5.82 Å². The van der Waals surface area contributed by atoms with Crippen LogP contribution in [0.25, 0.3) is 0 Å². The first kappa shape index (κ1) is 17.3. The molecule has 122 valence electrons. The van der Waals surface area contributed by atoms with Crippen LogP contribution in [0.1, 0.15) is 25.0 Å². The monoisotopic (exact) mass is 334 g/mol. The smallest absolute Gasteiger partial charge is 0.243 e. The molecule has 2 N–H and O–H groups in total. The van der Waals surface area contributed by atoms with Gasteiger partial charge in [-0.15, -0.1) is 0 Å². The summed E-state index contributed by atoms with van der Waals surface area (Å²) in [5.41, 5.74) is 3.72. The minimum atomic E-state index is -0.480. The molecule has 0 aliphatic carbocycles. The molecule has 23 heavy (non-hydrogen) atoms. The fraction of sp³-hybridized carbons (Fsp3) is 0.278. The zero-order valence-corrected chi connectivity index (χ0v) is 14.0. The van der Waals surface area contributed by atoms with Crippen molar-refractivity contribution in [2.45, 2.75) is 26.7 Å². The minimum absolute atomic E-state index is 0.0278. The molecule has 1 amide bonds. The Balaban J connectivity index is 2.04. The van der Waals surface area contributed by atoms with E-state index >= 15 is 0 Å². The van der Waals surface area contributed by atoms with E-state index in [1.54, 1.807) is 6.07 Å². The van der Waals surface area contributed by atoms with Gasteiger partial charge in [0.1, 0.15) is 5.82 Å². The number of hydrogen-bond acceptors (Lipinski definition) is 2. The molecule has 2 aromatic rings. The van der Waals surface area contributed by atoms with Gasteiger partial charge in [0, 0.05) is 11.4 Å². The maximum atomic E-state index is 13.1. The van der Waals surface area contributed by atoms with Gasteiger partial charge in [-0.2, -0.15) is 0 Å². The second kappa shape index (κ2) is 7.97. The van der Waals surface area contributed by atoms with E-state index < -0.39 is 5.82 Å². The van der Waals surface area contributed by atoms with Gasteiger partial charge in [-0.25, -0.2) is 4.39 Å². The van der Waals surface area contributed by atoms with E-state index in [0.29, 0.717) is 5.69 Å². The standard InChI is InChI=1S/C18H20ClFN2O/c1-3-12-6-5-7-13(4-2)18(12)22-17(23)11-21-14-8-9-16(20)15(19)10-14/h5-10,21H,3-4,11H2,1-2H3,(H,22,23). The lowest BCUT2D eigenvalue weighted by molar-refractivity contribution is -0.114. The number of aryl methyl sites for hydroxylation is 2. The van der Waals surface area contributed by atoms with Gasteiger partial charge in [0.2, 0.25) is 5.91 Å². The van der Waals surface area contributed by atoms with Crippen LogP contribution in [0.5, 0.6) is 0 Å². The predicted octanol–water partition coefficient (Wildman–Crippen LogP) is 4.65. The number of para-hydroxylation sites is 1. The lowest BCUT2D eigenvalue weighted by Gasteiger charge is -2.15. The highest BCUT2D eigenvalue weighted by atomic mass is 35.5. The molecular formula is C18H20ClFN2O. The van der Waals surface area contributed by atoms with Crippen molar-refractivity contribution in [2.75, 3.05) is 17.2 Å². The van der Waals surface area contributed by atoms with Crippen molar-refractivity contribution >= 4 is 28.9 Å². The topological polar surface area (TPSA) is 41.1 Å². The van der Waals surface area contributed by atoms with Gasteiger partial charge in [-0.1, -0.05) is 43.6 Å². The van der Waals surface area contributed by atoms with Crippen LogP contribution < -0.4 is 10.6 Å². The molecular weight excluding hydrogens is 315 g/mol. The fourth-order valence-corrected chi connectivity index (χ4v) is 2.56. The predicted molar refractivity (Wildman–Crippen MR) is 93.7 cm³/mol. The zero-order valence-electron chi connectivity index (χ0n) is 13.2. The second-order valence-corrected chi connectivity index (χ2v) is 5.60. The molecule has 0 aliphatic heterocycles. The number of anilines is 2. The van der Waals surface area contributed by atoms with E-state index in [0.717, 1.165) is 29.7 Å². The minimum Gasteiger partial charge on any atom is -0.376 e. The highest BCUT2D eigenvalue weighted by Crippen LogP contribution is 2.23. The number of carbonyl (C=O) groups excluding carboxylic acids is 1.